The molecule has 0 amide bonds. The van der Waals surface area contributed by atoms with E-state index in [0.29, 0.717) is 24.2 Å². The Hall–Kier alpha value is -1.53. The second-order valence-corrected chi connectivity index (χ2v) is 11.9. The minimum absolute atomic E-state index is 0.00392. The Morgan fingerprint density at radius 1 is 1.18 bits per heavy atom. The van der Waals surface area contributed by atoms with Gasteiger partial charge in [0.2, 0.25) is 5.78 Å². The SMILES string of the molecule is CC(O)CC(=O)O[C@]1(C(=O)CO)[C@@H](C)C[C@H]2[C@@H]3C[C@H](C)C4=CC(=O)CC[C@]4(C)[C@H]3CC[C@@]21C. The molecule has 0 bridgehead atoms. The van der Waals surface area contributed by atoms with Gasteiger partial charge >= 0.3 is 5.97 Å². The predicted octanol–water partition coefficient (Wildman–Crippen LogP) is 3.62. The van der Waals surface area contributed by atoms with Crippen molar-refractivity contribution in [2.45, 2.75) is 91.3 Å². The maximum atomic E-state index is 13.3. The van der Waals surface area contributed by atoms with E-state index in [4.69, 9.17) is 4.74 Å². The summed E-state index contributed by atoms with van der Waals surface area (Å²) in [5.41, 5.74) is -0.637. The van der Waals surface area contributed by atoms with E-state index in [9.17, 15) is 24.6 Å². The number of fused-ring (bicyclic) bond motifs is 5. The fourth-order valence-electron chi connectivity index (χ4n) is 8.76. The van der Waals surface area contributed by atoms with Crippen molar-refractivity contribution in [2.75, 3.05) is 6.61 Å². The summed E-state index contributed by atoms with van der Waals surface area (Å²) < 4.78 is 6.04. The highest BCUT2D eigenvalue weighted by molar-refractivity contribution is 5.93. The van der Waals surface area contributed by atoms with E-state index in [0.717, 1.165) is 32.1 Å². The minimum Gasteiger partial charge on any atom is -0.450 e. The van der Waals surface area contributed by atoms with Gasteiger partial charge in [-0.05, 0) is 74.2 Å². The van der Waals surface area contributed by atoms with Crippen LogP contribution in [0.2, 0.25) is 0 Å². The quantitative estimate of drug-likeness (QED) is 0.608. The lowest BCUT2D eigenvalue weighted by atomic mass is 9.44. The first-order chi connectivity index (χ1) is 15.4. The first-order valence-electron chi connectivity index (χ1n) is 12.7. The number of hydrogen-bond donors (Lipinski definition) is 2. The number of carbonyl (C=O) groups is 3. The largest absolute Gasteiger partial charge is 0.450 e. The second kappa shape index (κ2) is 8.30. The number of allylic oxidation sites excluding steroid dienone is 1. The average Bonchev–Trinajstić information content (AvgIpc) is 2.96. The van der Waals surface area contributed by atoms with Crippen molar-refractivity contribution >= 4 is 17.5 Å². The zero-order valence-corrected chi connectivity index (χ0v) is 20.7. The molecule has 1 unspecified atom stereocenters. The molecule has 0 aliphatic heterocycles. The lowest BCUT2D eigenvalue weighted by Gasteiger charge is -2.60. The third-order valence-electron chi connectivity index (χ3n) is 10.1. The molecular weight excluding hydrogens is 420 g/mol. The molecule has 33 heavy (non-hydrogen) atoms. The minimum atomic E-state index is -1.37. The Bertz CT molecular complexity index is 876. The molecule has 2 N–H and O–H groups in total. The molecule has 4 rings (SSSR count). The van der Waals surface area contributed by atoms with Crippen molar-refractivity contribution in [3.05, 3.63) is 11.6 Å². The molecule has 0 spiro atoms. The van der Waals surface area contributed by atoms with Crippen LogP contribution in [0.3, 0.4) is 0 Å². The third-order valence-corrected chi connectivity index (χ3v) is 10.1. The lowest BCUT2D eigenvalue weighted by molar-refractivity contribution is -0.198. The van der Waals surface area contributed by atoms with E-state index in [1.54, 1.807) is 0 Å². The van der Waals surface area contributed by atoms with E-state index in [-0.39, 0.29) is 29.5 Å². The molecule has 0 radical (unpaired) electrons. The number of aliphatic hydroxyl groups is 2. The second-order valence-electron chi connectivity index (χ2n) is 11.9. The molecule has 0 saturated heterocycles. The number of carbonyl (C=O) groups excluding carboxylic acids is 3. The highest BCUT2D eigenvalue weighted by Crippen LogP contribution is 2.70. The van der Waals surface area contributed by atoms with E-state index in [1.165, 1.54) is 12.5 Å². The smallest absolute Gasteiger partial charge is 0.309 e. The average molecular weight is 461 g/mol. The van der Waals surface area contributed by atoms with Gasteiger partial charge in [0.05, 0.1) is 12.5 Å². The summed E-state index contributed by atoms with van der Waals surface area (Å²) in [6, 6.07) is 0. The molecule has 0 aromatic rings. The zero-order valence-electron chi connectivity index (χ0n) is 20.7. The van der Waals surface area contributed by atoms with E-state index in [1.807, 2.05) is 13.0 Å². The first-order valence-corrected chi connectivity index (χ1v) is 12.7. The standard InChI is InChI=1S/C27H40O6/c1-15-10-19-20(25(4)8-6-18(30)13-21(15)25)7-9-26(5)22(19)11-16(2)27(26,23(31)14-28)33-24(32)12-17(3)29/h13,15-17,19-20,22,28-29H,6-12,14H2,1-5H3/t15-,16-,17?,19+,20-,22-,25+,26-,27-/m0/s1. The van der Waals surface area contributed by atoms with Crippen LogP contribution >= 0.6 is 0 Å². The first kappa shape index (κ1) is 24.6. The Morgan fingerprint density at radius 2 is 1.88 bits per heavy atom. The molecule has 3 fully saturated rings. The van der Waals surface area contributed by atoms with E-state index in [2.05, 4.69) is 20.8 Å². The van der Waals surface area contributed by atoms with Gasteiger partial charge in [0.1, 0.15) is 6.61 Å². The van der Waals surface area contributed by atoms with Gasteiger partial charge < -0.3 is 14.9 Å². The fraction of sp³-hybridized carbons (Fsp3) is 0.815. The summed E-state index contributed by atoms with van der Waals surface area (Å²) in [4.78, 5) is 38.3. The predicted molar refractivity (Wildman–Crippen MR) is 123 cm³/mol. The molecule has 0 aromatic carbocycles. The van der Waals surface area contributed by atoms with Gasteiger partial charge in [0.25, 0.3) is 0 Å². The number of hydrogen-bond acceptors (Lipinski definition) is 6. The molecule has 4 aliphatic carbocycles. The summed E-state index contributed by atoms with van der Waals surface area (Å²) in [5, 5.41) is 19.7. The van der Waals surface area contributed by atoms with Gasteiger partial charge in [-0.25, -0.2) is 0 Å². The number of esters is 1. The van der Waals surface area contributed by atoms with Crippen LogP contribution in [0.5, 0.6) is 0 Å². The molecule has 4 aliphatic rings. The summed E-state index contributed by atoms with van der Waals surface area (Å²) in [6.45, 7) is 9.47. The molecule has 9 atom stereocenters. The number of aliphatic hydroxyl groups excluding tert-OH is 2. The topological polar surface area (TPSA) is 101 Å². The van der Waals surface area contributed by atoms with Crippen LogP contribution in [0, 0.1) is 40.4 Å². The van der Waals surface area contributed by atoms with Gasteiger partial charge in [-0.3, -0.25) is 14.4 Å². The Balaban J connectivity index is 1.74. The van der Waals surface area contributed by atoms with Crippen LogP contribution in [-0.2, 0) is 19.1 Å². The highest BCUT2D eigenvalue weighted by atomic mass is 16.6. The van der Waals surface area contributed by atoms with Gasteiger partial charge in [-0.15, -0.1) is 0 Å². The van der Waals surface area contributed by atoms with Crippen LogP contribution in [0.15, 0.2) is 11.6 Å². The molecule has 6 heteroatoms. The number of Topliss-reactive ketones (excluding diaryl/α,β-unsaturated/α-hetero) is 1. The Morgan fingerprint density at radius 3 is 2.52 bits per heavy atom. The number of ether oxygens (including phenoxy) is 1. The molecule has 6 nitrogen and oxygen atoms in total. The lowest BCUT2D eigenvalue weighted by Crippen LogP contribution is -2.62. The Kier molecular flexibility index (Phi) is 6.18. The van der Waals surface area contributed by atoms with Crippen LogP contribution in [-0.4, -0.2) is 46.1 Å². The molecule has 0 aromatic heterocycles. The van der Waals surface area contributed by atoms with Crippen molar-refractivity contribution in [2.24, 2.45) is 40.4 Å². The Labute approximate surface area is 197 Å². The van der Waals surface area contributed by atoms with Crippen LogP contribution in [0.25, 0.3) is 0 Å². The van der Waals surface area contributed by atoms with Crippen molar-refractivity contribution < 1.29 is 29.3 Å². The maximum absolute atomic E-state index is 13.3. The fourth-order valence-corrected chi connectivity index (χ4v) is 8.76. The van der Waals surface area contributed by atoms with Crippen LogP contribution in [0.1, 0.15) is 79.6 Å². The van der Waals surface area contributed by atoms with Crippen molar-refractivity contribution in [1.82, 2.24) is 0 Å². The molecule has 184 valence electrons. The summed E-state index contributed by atoms with van der Waals surface area (Å²) in [5.74, 6) is 0.335. The monoisotopic (exact) mass is 460 g/mol. The van der Waals surface area contributed by atoms with Crippen molar-refractivity contribution in [3.8, 4) is 0 Å². The highest BCUT2D eigenvalue weighted by Gasteiger charge is 2.71. The molecule has 3 saturated carbocycles. The van der Waals surface area contributed by atoms with Gasteiger partial charge in [-0.2, -0.15) is 0 Å². The number of ketones is 2. The summed E-state index contributed by atoms with van der Waals surface area (Å²) in [6.07, 6.45) is 5.75. The maximum Gasteiger partial charge on any atom is 0.309 e. The summed E-state index contributed by atoms with van der Waals surface area (Å²) in [7, 11) is 0. The number of rotatable bonds is 5. The third kappa shape index (κ3) is 3.46. The van der Waals surface area contributed by atoms with E-state index < -0.39 is 35.5 Å². The molecule has 0 heterocycles. The zero-order chi connectivity index (χ0) is 24.3. The van der Waals surface area contributed by atoms with Gasteiger partial charge in [-0.1, -0.05) is 33.3 Å². The van der Waals surface area contributed by atoms with Crippen LogP contribution in [0.4, 0.5) is 0 Å². The summed E-state index contributed by atoms with van der Waals surface area (Å²) >= 11 is 0. The van der Waals surface area contributed by atoms with Gasteiger partial charge in [0, 0.05) is 17.8 Å². The van der Waals surface area contributed by atoms with Gasteiger partial charge in [0.15, 0.2) is 11.4 Å². The molecular formula is C27H40O6. The normalized spacial score (nSPS) is 45.4. The van der Waals surface area contributed by atoms with E-state index >= 15 is 0 Å². The van der Waals surface area contributed by atoms with Crippen molar-refractivity contribution in [1.29, 1.82) is 0 Å². The van der Waals surface area contributed by atoms with Crippen LogP contribution < -0.4 is 0 Å². The van der Waals surface area contributed by atoms with Crippen molar-refractivity contribution in [3.63, 3.8) is 0 Å².